The maximum Gasteiger partial charge on any atom is 0.370 e. The monoisotopic (exact) mass is 205 g/mol. The molecule has 15 heavy (non-hydrogen) atoms. The van der Waals surface area contributed by atoms with Crippen molar-refractivity contribution in [2.45, 2.75) is 6.54 Å². The molecule has 0 aromatic carbocycles. The summed E-state index contributed by atoms with van der Waals surface area (Å²) >= 11 is 0. The molecule has 0 spiro atoms. The molecule has 0 atom stereocenters. The molecule has 0 aliphatic heterocycles. The molecule has 0 aliphatic rings. The predicted octanol–water partition coefficient (Wildman–Crippen LogP) is -1.13. The van der Waals surface area contributed by atoms with Crippen molar-refractivity contribution < 1.29 is 14.5 Å². The molecule has 2 heterocycles. The second kappa shape index (κ2) is 3.82. The van der Waals surface area contributed by atoms with Crippen LogP contribution >= 0.6 is 0 Å². The highest BCUT2D eigenvalue weighted by Gasteiger charge is 2.08. The second-order valence-corrected chi connectivity index (χ2v) is 2.86. The summed E-state index contributed by atoms with van der Waals surface area (Å²) in [5.74, 6) is -0.522. The van der Waals surface area contributed by atoms with Gasteiger partial charge in [0.2, 0.25) is 6.54 Å². The average molecular weight is 205 g/mol. The van der Waals surface area contributed by atoms with Crippen LogP contribution in [0.2, 0.25) is 0 Å². The number of rotatable bonds is 3. The number of carboxylic acid groups (broad SMARTS) is 1. The summed E-state index contributed by atoms with van der Waals surface area (Å²) in [6, 6.07) is 3.48. The van der Waals surface area contributed by atoms with E-state index in [1.54, 1.807) is 24.5 Å². The lowest BCUT2D eigenvalue weighted by Crippen LogP contribution is -2.37. The van der Waals surface area contributed by atoms with Crippen molar-refractivity contribution in [1.29, 1.82) is 0 Å². The average Bonchev–Trinajstić information content (AvgIpc) is 2.69. The van der Waals surface area contributed by atoms with Gasteiger partial charge in [-0.1, -0.05) is 0 Å². The molecule has 7 heteroatoms. The molecule has 76 valence electrons. The summed E-state index contributed by atoms with van der Waals surface area (Å²) in [5.41, 5.74) is 0.684. The Morgan fingerprint density at radius 3 is 3.13 bits per heavy atom. The lowest BCUT2D eigenvalue weighted by Gasteiger charge is -1.98. The zero-order valence-electron chi connectivity index (χ0n) is 7.61. The van der Waals surface area contributed by atoms with Crippen LogP contribution in [0.3, 0.4) is 0 Å². The summed E-state index contributed by atoms with van der Waals surface area (Å²) in [4.78, 5) is 10.5. The third kappa shape index (κ3) is 2.13. The van der Waals surface area contributed by atoms with Crippen molar-refractivity contribution >= 4 is 5.97 Å². The largest absolute Gasteiger partial charge is 0.477 e. The van der Waals surface area contributed by atoms with Crippen LogP contribution in [0.5, 0.6) is 0 Å². The summed E-state index contributed by atoms with van der Waals surface area (Å²) < 4.78 is 1.52. The number of nitrogens with zero attached hydrogens (tertiary/aromatic N) is 5. The molecule has 0 bridgehead atoms. The summed E-state index contributed by atoms with van der Waals surface area (Å²) in [6.07, 6.45) is 3.29. The lowest BCUT2D eigenvalue weighted by atomic mass is 10.3. The van der Waals surface area contributed by atoms with Gasteiger partial charge in [-0.05, 0) is 6.07 Å². The van der Waals surface area contributed by atoms with Gasteiger partial charge < -0.3 is 10.2 Å². The van der Waals surface area contributed by atoms with Crippen LogP contribution in [-0.4, -0.2) is 26.6 Å². The fraction of sp³-hybridized carbons (Fsp3) is 0.125. The third-order valence-corrected chi connectivity index (χ3v) is 1.75. The smallest absolute Gasteiger partial charge is 0.370 e. The zero-order valence-corrected chi connectivity index (χ0v) is 7.61. The maximum absolute atomic E-state index is 10.5. The van der Waals surface area contributed by atoms with E-state index >= 15 is 0 Å². The first-order valence-corrected chi connectivity index (χ1v) is 4.16. The molecule has 2 aromatic heterocycles. The Bertz CT molecular complexity index is 468. The predicted molar refractivity (Wildman–Crippen MR) is 46.4 cm³/mol. The Labute approximate surface area is 84.4 Å². The van der Waals surface area contributed by atoms with Crippen molar-refractivity contribution in [3.8, 4) is 11.4 Å². The van der Waals surface area contributed by atoms with Crippen molar-refractivity contribution in [1.82, 2.24) is 20.6 Å². The Morgan fingerprint density at radius 2 is 2.47 bits per heavy atom. The number of pyridine rings is 1. The van der Waals surface area contributed by atoms with Crippen LogP contribution in [-0.2, 0) is 11.3 Å². The van der Waals surface area contributed by atoms with Crippen LogP contribution < -0.4 is 9.67 Å². The minimum Gasteiger partial charge on any atom is -0.477 e. The number of hydrogen-bond donors (Lipinski definition) is 1. The molecule has 0 fully saturated rings. The zero-order chi connectivity index (χ0) is 10.7. The van der Waals surface area contributed by atoms with Crippen LogP contribution in [0.25, 0.3) is 11.4 Å². The van der Waals surface area contributed by atoms with Gasteiger partial charge in [-0.3, -0.25) is 10.3 Å². The normalized spacial score (nSPS) is 10.1. The van der Waals surface area contributed by atoms with Crippen LogP contribution in [0.15, 0.2) is 24.5 Å². The molecular formula is C8H7N5O2. The molecule has 7 nitrogen and oxygen atoms in total. The maximum atomic E-state index is 10.5. The quantitative estimate of drug-likeness (QED) is 0.637. The van der Waals surface area contributed by atoms with Gasteiger partial charge in [-0.2, -0.15) is 9.78 Å². The van der Waals surface area contributed by atoms with Gasteiger partial charge in [0.05, 0.1) is 5.56 Å². The number of hydrogen-bond acceptors (Lipinski definition) is 4. The molecule has 0 saturated heterocycles. The molecule has 0 amide bonds. The van der Waals surface area contributed by atoms with Gasteiger partial charge in [0.1, 0.15) is 0 Å². The van der Waals surface area contributed by atoms with Crippen molar-refractivity contribution in [3.05, 3.63) is 24.5 Å². The van der Waals surface area contributed by atoms with E-state index in [2.05, 4.69) is 20.6 Å². The van der Waals surface area contributed by atoms with Crippen LogP contribution in [0.4, 0.5) is 0 Å². The SMILES string of the molecule is O=C(O)C[n+]1cccc(-c2nnn[n-]2)c1. The van der Waals surface area contributed by atoms with E-state index in [1.807, 2.05) is 0 Å². The van der Waals surface area contributed by atoms with E-state index in [-0.39, 0.29) is 6.54 Å². The van der Waals surface area contributed by atoms with Gasteiger partial charge >= 0.3 is 5.97 Å². The molecular weight excluding hydrogens is 198 g/mol. The summed E-state index contributed by atoms with van der Waals surface area (Å²) in [6.45, 7) is -0.102. The number of carboxylic acids is 1. The molecule has 0 aliphatic carbocycles. The van der Waals surface area contributed by atoms with Gasteiger partial charge in [-0.15, -0.1) is 0 Å². The summed E-state index contributed by atoms with van der Waals surface area (Å²) in [5, 5.41) is 22.7. The van der Waals surface area contributed by atoms with E-state index in [1.165, 1.54) is 4.57 Å². The molecule has 2 rings (SSSR count). The van der Waals surface area contributed by atoms with Crippen molar-refractivity contribution in [3.63, 3.8) is 0 Å². The highest BCUT2D eigenvalue weighted by Crippen LogP contribution is 2.07. The molecule has 1 N–H and O–H groups in total. The molecule has 2 aromatic rings. The Morgan fingerprint density at radius 1 is 1.60 bits per heavy atom. The Hall–Kier alpha value is -2.31. The molecule has 0 unspecified atom stereocenters. The van der Waals surface area contributed by atoms with Gasteiger partial charge in [-0.25, -0.2) is 4.79 Å². The number of aliphatic carboxylic acids is 1. The van der Waals surface area contributed by atoms with E-state index in [4.69, 9.17) is 5.11 Å². The number of carbonyl (C=O) groups is 1. The van der Waals surface area contributed by atoms with Crippen molar-refractivity contribution in [2.24, 2.45) is 0 Å². The Balaban J connectivity index is 2.31. The topological polar surface area (TPSA) is 94.0 Å². The number of aromatic nitrogens is 5. The fourth-order valence-corrected chi connectivity index (χ4v) is 1.17. The van der Waals surface area contributed by atoms with Gasteiger partial charge in [0, 0.05) is 11.9 Å². The first-order chi connectivity index (χ1) is 7.25. The molecule has 0 saturated carbocycles. The van der Waals surface area contributed by atoms with Crippen LogP contribution in [0, 0.1) is 0 Å². The summed E-state index contributed by atoms with van der Waals surface area (Å²) in [7, 11) is 0. The number of tetrazole rings is 1. The minimum atomic E-state index is -0.906. The van der Waals surface area contributed by atoms with E-state index < -0.39 is 5.97 Å². The first-order valence-electron chi connectivity index (χ1n) is 4.16. The highest BCUT2D eigenvalue weighted by atomic mass is 16.4. The fourth-order valence-electron chi connectivity index (χ4n) is 1.17. The lowest BCUT2D eigenvalue weighted by molar-refractivity contribution is -0.685. The van der Waals surface area contributed by atoms with Gasteiger partial charge in [0.15, 0.2) is 12.4 Å². The standard InChI is InChI=1S/C8H7N5O2/c14-7(15)5-13-3-1-2-6(4-13)8-9-11-12-10-8/h1-4H,5H2,(H-,9,10,11,12,14,15). The first kappa shape index (κ1) is 9.25. The van der Waals surface area contributed by atoms with Crippen LogP contribution in [0.1, 0.15) is 0 Å². The van der Waals surface area contributed by atoms with E-state index in [9.17, 15) is 4.79 Å². The highest BCUT2D eigenvalue weighted by molar-refractivity contribution is 5.64. The van der Waals surface area contributed by atoms with E-state index in [0.717, 1.165) is 0 Å². The van der Waals surface area contributed by atoms with E-state index in [0.29, 0.717) is 11.4 Å². The van der Waals surface area contributed by atoms with Crippen molar-refractivity contribution in [2.75, 3.05) is 0 Å². The second-order valence-electron chi connectivity index (χ2n) is 2.86. The van der Waals surface area contributed by atoms with Gasteiger partial charge in [0.25, 0.3) is 0 Å². The molecule has 0 radical (unpaired) electrons. The minimum absolute atomic E-state index is 0.102. The Kier molecular flexibility index (Phi) is 2.36. The third-order valence-electron chi connectivity index (χ3n) is 1.75.